The molecule has 0 bridgehead atoms. The first-order valence-electron chi connectivity index (χ1n) is 7.34. The zero-order chi connectivity index (χ0) is 13.5. The summed E-state index contributed by atoms with van der Waals surface area (Å²) >= 11 is 0. The van der Waals surface area contributed by atoms with Gasteiger partial charge in [0.05, 0.1) is 12.2 Å². The van der Waals surface area contributed by atoms with Crippen LogP contribution >= 0.6 is 0 Å². The van der Waals surface area contributed by atoms with E-state index in [9.17, 15) is 4.79 Å². The van der Waals surface area contributed by atoms with Crippen molar-refractivity contribution in [3.8, 4) is 0 Å². The molecular formula is C16H23NO2. The second-order valence-corrected chi connectivity index (χ2v) is 5.10. The second-order valence-electron chi connectivity index (χ2n) is 5.10. The Morgan fingerprint density at radius 1 is 1.21 bits per heavy atom. The summed E-state index contributed by atoms with van der Waals surface area (Å²) < 4.78 is 5.10. The minimum absolute atomic E-state index is 0.237. The van der Waals surface area contributed by atoms with Crippen molar-refractivity contribution in [2.75, 3.05) is 11.9 Å². The van der Waals surface area contributed by atoms with E-state index in [2.05, 4.69) is 5.32 Å². The molecule has 19 heavy (non-hydrogen) atoms. The number of rotatable bonds is 4. The van der Waals surface area contributed by atoms with E-state index in [1.54, 1.807) is 0 Å². The molecule has 0 saturated heterocycles. The van der Waals surface area contributed by atoms with Gasteiger partial charge in [-0.3, -0.25) is 0 Å². The molecule has 1 aromatic carbocycles. The van der Waals surface area contributed by atoms with Crippen LogP contribution in [0.1, 0.15) is 55.8 Å². The van der Waals surface area contributed by atoms with Crippen LogP contribution in [0.25, 0.3) is 0 Å². The van der Waals surface area contributed by atoms with Crippen LogP contribution in [0.5, 0.6) is 0 Å². The first kappa shape index (κ1) is 13.9. The van der Waals surface area contributed by atoms with Crippen LogP contribution in [0.4, 0.5) is 5.69 Å². The molecule has 0 aromatic heterocycles. The number of anilines is 1. The molecule has 1 aromatic rings. The maximum absolute atomic E-state index is 11.9. The summed E-state index contributed by atoms with van der Waals surface area (Å²) in [5, 5.41) is 3.53. The molecule has 1 fully saturated rings. The SMILES string of the molecule is CCOC(=O)c1ccccc1NC1CCCCCC1. The summed E-state index contributed by atoms with van der Waals surface area (Å²) in [6, 6.07) is 8.12. The largest absolute Gasteiger partial charge is 0.462 e. The Morgan fingerprint density at radius 3 is 2.58 bits per heavy atom. The van der Waals surface area contributed by atoms with Gasteiger partial charge in [-0.05, 0) is 31.9 Å². The van der Waals surface area contributed by atoms with Gasteiger partial charge >= 0.3 is 5.97 Å². The van der Waals surface area contributed by atoms with E-state index in [0.717, 1.165) is 5.69 Å². The van der Waals surface area contributed by atoms with Gasteiger partial charge in [0.15, 0.2) is 0 Å². The van der Waals surface area contributed by atoms with Gasteiger partial charge in [-0.2, -0.15) is 0 Å². The summed E-state index contributed by atoms with van der Waals surface area (Å²) in [7, 11) is 0. The predicted molar refractivity (Wildman–Crippen MR) is 77.5 cm³/mol. The third kappa shape index (κ3) is 3.98. The van der Waals surface area contributed by atoms with E-state index in [1.807, 2.05) is 31.2 Å². The number of hydrogen-bond donors (Lipinski definition) is 1. The number of benzene rings is 1. The van der Waals surface area contributed by atoms with Crippen molar-refractivity contribution in [2.45, 2.75) is 51.5 Å². The third-order valence-corrected chi connectivity index (χ3v) is 3.64. The Hall–Kier alpha value is -1.51. The highest BCUT2D eigenvalue weighted by Crippen LogP contribution is 2.23. The van der Waals surface area contributed by atoms with E-state index in [1.165, 1.54) is 38.5 Å². The van der Waals surface area contributed by atoms with E-state index in [0.29, 0.717) is 18.2 Å². The van der Waals surface area contributed by atoms with Crippen LogP contribution in [0.3, 0.4) is 0 Å². The Labute approximate surface area is 115 Å². The molecule has 2 rings (SSSR count). The maximum Gasteiger partial charge on any atom is 0.340 e. The molecular weight excluding hydrogens is 238 g/mol. The van der Waals surface area contributed by atoms with Crippen molar-refractivity contribution in [1.82, 2.24) is 0 Å². The molecule has 3 nitrogen and oxygen atoms in total. The number of carbonyl (C=O) groups excluding carboxylic acids is 1. The van der Waals surface area contributed by atoms with Gasteiger partial charge < -0.3 is 10.1 Å². The molecule has 0 radical (unpaired) electrons. The molecule has 104 valence electrons. The first-order chi connectivity index (χ1) is 9.31. The predicted octanol–water partition coefficient (Wildman–Crippen LogP) is 4.00. The molecule has 0 unspecified atom stereocenters. The summed E-state index contributed by atoms with van der Waals surface area (Å²) in [4.78, 5) is 11.9. The number of nitrogens with one attached hydrogen (secondary N) is 1. The smallest absolute Gasteiger partial charge is 0.340 e. The lowest BCUT2D eigenvalue weighted by molar-refractivity contribution is 0.0527. The standard InChI is InChI=1S/C16H23NO2/c1-2-19-16(18)14-11-7-8-12-15(14)17-13-9-5-3-4-6-10-13/h7-8,11-13,17H,2-6,9-10H2,1H3. The topological polar surface area (TPSA) is 38.3 Å². The highest BCUT2D eigenvalue weighted by atomic mass is 16.5. The molecule has 1 aliphatic rings. The van der Waals surface area contributed by atoms with Crippen molar-refractivity contribution in [1.29, 1.82) is 0 Å². The lowest BCUT2D eigenvalue weighted by Crippen LogP contribution is -2.20. The van der Waals surface area contributed by atoms with Crippen LogP contribution in [0.2, 0.25) is 0 Å². The number of esters is 1. The maximum atomic E-state index is 11.9. The Kier molecular flexibility index (Phi) is 5.25. The zero-order valence-corrected chi connectivity index (χ0v) is 11.7. The molecule has 0 spiro atoms. The fourth-order valence-electron chi connectivity index (χ4n) is 2.64. The van der Waals surface area contributed by atoms with Crippen LogP contribution < -0.4 is 5.32 Å². The number of hydrogen-bond acceptors (Lipinski definition) is 3. The average molecular weight is 261 g/mol. The molecule has 0 aliphatic heterocycles. The van der Waals surface area contributed by atoms with Crippen molar-refractivity contribution in [2.24, 2.45) is 0 Å². The molecule has 1 N–H and O–H groups in total. The van der Waals surface area contributed by atoms with E-state index in [4.69, 9.17) is 4.74 Å². The van der Waals surface area contributed by atoms with Gasteiger partial charge in [0.25, 0.3) is 0 Å². The quantitative estimate of drug-likeness (QED) is 0.657. The third-order valence-electron chi connectivity index (χ3n) is 3.64. The first-order valence-corrected chi connectivity index (χ1v) is 7.34. The van der Waals surface area contributed by atoms with Crippen LogP contribution in [0, 0.1) is 0 Å². The van der Waals surface area contributed by atoms with Gasteiger partial charge in [0.2, 0.25) is 0 Å². The van der Waals surface area contributed by atoms with Gasteiger partial charge in [0.1, 0.15) is 0 Å². The Balaban J connectivity index is 2.08. The van der Waals surface area contributed by atoms with E-state index < -0.39 is 0 Å². The highest BCUT2D eigenvalue weighted by molar-refractivity contribution is 5.95. The molecule has 1 aliphatic carbocycles. The number of para-hydroxylation sites is 1. The minimum atomic E-state index is -0.237. The van der Waals surface area contributed by atoms with Crippen LogP contribution in [-0.2, 0) is 4.74 Å². The monoisotopic (exact) mass is 261 g/mol. The van der Waals surface area contributed by atoms with Gasteiger partial charge in [0, 0.05) is 11.7 Å². The van der Waals surface area contributed by atoms with E-state index in [-0.39, 0.29) is 5.97 Å². The van der Waals surface area contributed by atoms with Crippen molar-refractivity contribution in [3.63, 3.8) is 0 Å². The van der Waals surface area contributed by atoms with Crippen LogP contribution in [-0.4, -0.2) is 18.6 Å². The fraction of sp³-hybridized carbons (Fsp3) is 0.562. The van der Waals surface area contributed by atoms with Crippen molar-refractivity contribution < 1.29 is 9.53 Å². The summed E-state index contributed by atoms with van der Waals surface area (Å²) in [6.07, 6.45) is 7.60. The summed E-state index contributed by atoms with van der Waals surface area (Å²) in [5.41, 5.74) is 1.56. The van der Waals surface area contributed by atoms with Crippen molar-refractivity contribution >= 4 is 11.7 Å². The Morgan fingerprint density at radius 2 is 1.89 bits per heavy atom. The van der Waals surface area contributed by atoms with Crippen molar-refractivity contribution in [3.05, 3.63) is 29.8 Å². The summed E-state index contributed by atoms with van der Waals surface area (Å²) in [6.45, 7) is 2.25. The molecule has 3 heteroatoms. The molecule has 0 heterocycles. The number of ether oxygens (including phenoxy) is 1. The van der Waals surface area contributed by atoms with Gasteiger partial charge in [-0.25, -0.2) is 4.79 Å². The molecule has 0 atom stereocenters. The zero-order valence-electron chi connectivity index (χ0n) is 11.7. The average Bonchev–Trinajstić information content (AvgIpc) is 2.68. The number of carbonyl (C=O) groups is 1. The highest BCUT2D eigenvalue weighted by Gasteiger charge is 2.16. The normalized spacial score (nSPS) is 16.7. The van der Waals surface area contributed by atoms with Gasteiger partial charge in [-0.15, -0.1) is 0 Å². The molecule has 0 amide bonds. The van der Waals surface area contributed by atoms with E-state index >= 15 is 0 Å². The lowest BCUT2D eigenvalue weighted by Gasteiger charge is -2.19. The van der Waals surface area contributed by atoms with Crippen LogP contribution in [0.15, 0.2) is 24.3 Å². The van der Waals surface area contributed by atoms with Gasteiger partial charge in [-0.1, -0.05) is 37.8 Å². The Bertz CT molecular complexity index is 409. The molecule has 1 saturated carbocycles. The minimum Gasteiger partial charge on any atom is -0.462 e. The summed E-state index contributed by atoms with van der Waals surface area (Å²) in [5.74, 6) is -0.237. The fourth-order valence-corrected chi connectivity index (χ4v) is 2.64. The second kappa shape index (κ2) is 7.17. The lowest BCUT2D eigenvalue weighted by atomic mass is 10.1.